The number of rotatable bonds is 6. The van der Waals surface area contributed by atoms with E-state index in [1.54, 1.807) is 45.0 Å². The molecule has 0 fully saturated rings. The van der Waals surface area contributed by atoms with Crippen LogP contribution >= 0.6 is 0 Å². The molecule has 0 bridgehead atoms. The lowest BCUT2D eigenvalue weighted by Crippen LogP contribution is -2.30. The van der Waals surface area contributed by atoms with Gasteiger partial charge in [0.05, 0.1) is 6.10 Å². The first-order valence-corrected chi connectivity index (χ1v) is 8.61. The Hall–Kier alpha value is -2.93. The van der Waals surface area contributed by atoms with Crippen molar-refractivity contribution in [3.05, 3.63) is 52.3 Å². The first-order valence-electron chi connectivity index (χ1n) is 8.61. The third-order valence-electron chi connectivity index (χ3n) is 4.31. The quantitative estimate of drug-likeness (QED) is 0.533. The second kappa shape index (κ2) is 8.18. The molecule has 2 atom stereocenters. The van der Waals surface area contributed by atoms with Gasteiger partial charge in [-0.3, -0.25) is 9.59 Å². The lowest BCUT2D eigenvalue weighted by atomic mass is 10.1. The van der Waals surface area contributed by atoms with E-state index in [1.807, 2.05) is 0 Å². The molecule has 0 aliphatic carbocycles. The Morgan fingerprint density at radius 3 is 2.41 bits per heavy atom. The summed E-state index contributed by atoms with van der Waals surface area (Å²) in [6.45, 7) is 7.98. The molecule has 2 rings (SSSR count). The summed E-state index contributed by atoms with van der Waals surface area (Å²) < 4.78 is 5.25. The maximum atomic E-state index is 12.4. The smallest absolute Gasteiger partial charge is 0.355 e. The van der Waals surface area contributed by atoms with Gasteiger partial charge in [0.1, 0.15) is 5.69 Å². The molecule has 1 amide bonds. The van der Waals surface area contributed by atoms with E-state index in [-0.39, 0.29) is 11.5 Å². The number of hydrogen-bond donors (Lipinski definition) is 3. The zero-order chi connectivity index (χ0) is 20.3. The fraction of sp³-hybridized carbons (Fsp3) is 0.350. The highest BCUT2D eigenvalue weighted by atomic mass is 16.5. The molecule has 0 unspecified atom stereocenters. The number of hydrogen-bond acceptors (Lipinski definition) is 5. The van der Waals surface area contributed by atoms with Crippen molar-refractivity contribution < 1.29 is 24.2 Å². The van der Waals surface area contributed by atoms with Crippen LogP contribution in [-0.4, -0.2) is 33.9 Å². The average Bonchev–Trinajstić information content (AvgIpc) is 2.89. The number of ketones is 1. The van der Waals surface area contributed by atoms with Gasteiger partial charge in [-0.2, -0.15) is 0 Å². The SMILES string of the molecule is CC(=O)c1cccc(NC(=O)[C@H](C)OC(=O)c2[nH]c(C)c([C@@H](C)O)c2C)c1. The fourth-order valence-corrected chi connectivity index (χ4v) is 2.93. The molecule has 1 aromatic heterocycles. The minimum Gasteiger partial charge on any atom is -0.448 e. The average molecular weight is 372 g/mol. The second-order valence-corrected chi connectivity index (χ2v) is 6.51. The van der Waals surface area contributed by atoms with Gasteiger partial charge in [0.2, 0.25) is 0 Å². The molecular weight excluding hydrogens is 348 g/mol. The molecule has 1 heterocycles. The van der Waals surface area contributed by atoms with Crippen molar-refractivity contribution in [2.24, 2.45) is 0 Å². The van der Waals surface area contributed by atoms with Crippen LogP contribution in [0.25, 0.3) is 0 Å². The van der Waals surface area contributed by atoms with Crippen LogP contribution in [0.1, 0.15) is 64.5 Å². The van der Waals surface area contributed by atoms with Gasteiger partial charge in [0, 0.05) is 22.5 Å². The molecule has 0 saturated carbocycles. The van der Waals surface area contributed by atoms with Crippen LogP contribution in [0.2, 0.25) is 0 Å². The summed E-state index contributed by atoms with van der Waals surface area (Å²) >= 11 is 0. The molecule has 2 aromatic rings. The van der Waals surface area contributed by atoms with E-state index in [0.717, 1.165) is 0 Å². The largest absolute Gasteiger partial charge is 0.448 e. The normalized spacial score (nSPS) is 13.0. The Balaban J connectivity index is 2.08. The predicted octanol–water partition coefficient (Wildman–Crippen LogP) is 3.07. The summed E-state index contributed by atoms with van der Waals surface area (Å²) in [6.07, 6.45) is -1.77. The Bertz CT molecular complexity index is 882. The van der Waals surface area contributed by atoms with Crippen molar-refractivity contribution in [1.82, 2.24) is 4.98 Å². The number of ether oxygens (including phenoxy) is 1. The number of benzene rings is 1. The van der Waals surface area contributed by atoms with E-state index in [1.165, 1.54) is 13.8 Å². The maximum Gasteiger partial charge on any atom is 0.355 e. The third kappa shape index (κ3) is 4.62. The van der Waals surface area contributed by atoms with Crippen LogP contribution in [0, 0.1) is 13.8 Å². The molecule has 7 heteroatoms. The summed E-state index contributed by atoms with van der Waals surface area (Å²) in [4.78, 5) is 39.0. The van der Waals surface area contributed by atoms with Crippen molar-refractivity contribution in [3.8, 4) is 0 Å². The van der Waals surface area contributed by atoms with Gasteiger partial charge in [-0.1, -0.05) is 12.1 Å². The first-order chi connectivity index (χ1) is 12.6. The molecule has 7 nitrogen and oxygen atoms in total. The number of carbonyl (C=O) groups excluding carboxylic acids is 3. The van der Waals surface area contributed by atoms with Crippen LogP contribution in [0.4, 0.5) is 5.69 Å². The Morgan fingerprint density at radius 2 is 1.85 bits per heavy atom. The number of amides is 1. The minimum absolute atomic E-state index is 0.114. The van der Waals surface area contributed by atoms with Crippen LogP contribution in [-0.2, 0) is 9.53 Å². The van der Waals surface area contributed by atoms with E-state index in [2.05, 4.69) is 10.3 Å². The molecule has 0 saturated heterocycles. The first kappa shape index (κ1) is 20.4. The third-order valence-corrected chi connectivity index (χ3v) is 4.31. The number of aliphatic hydroxyl groups is 1. The summed E-state index contributed by atoms with van der Waals surface area (Å²) in [5, 5.41) is 12.4. The Kier molecular flexibility index (Phi) is 6.17. The van der Waals surface area contributed by atoms with Gasteiger partial charge in [-0.05, 0) is 52.3 Å². The lowest BCUT2D eigenvalue weighted by molar-refractivity contribution is -0.123. The number of aromatic nitrogens is 1. The van der Waals surface area contributed by atoms with Gasteiger partial charge < -0.3 is 20.1 Å². The predicted molar refractivity (Wildman–Crippen MR) is 101 cm³/mol. The molecule has 0 aliphatic rings. The monoisotopic (exact) mass is 372 g/mol. The summed E-state index contributed by atoms with van der Waals surface area (Å²) in [5.74, 6) is -1.31. The van der Waals surface area contributed by atoms with Crippen LogP contribution in [0.5, 0.6) is 0 Å². The number of esters is 1. The molecule has 1 aromatic carbocycles. The Labute approximate surface area is 157 Å². The Morgan fingerprint density at radius 1 is 1.19 bits per heavy atom. The number of H-pyrrole nitrogens is 1. The summed E-state index contributed by atoms with van der Waals surface area (Å²) in [5.41, 5.74) is 3.03. The maximum absolute atomic E-state index is 12.4. The van der Waals surface area contributed by atoms with E-state index in [9.17, 15) is 19.5 Å². The standard InChI is InChI=1S/C20H24N2O5/c1-10-17(13(4)24)11(2)21-18(10)20(26)27-14(5)19(25)22-16-8-6-7-15(9-16)12(3)23/h6-9,13-14,21,24H,1-5H3,(H,22,25)/t13-,14+/m1/s1. The van der Waals surface area contributed by atoms with E-state index in [0.29, 0.717) is 28.1 Å². The zero-order valence-electron chi connectivity index (χ0n) is 16.0. The topological polar surface area (TPSA) is 108 Å². The van der Waals surface area contributed by atoms with E-state index < -0.39 is 24.1 Å². The highest BCUT2D eigenvalue weighted by Gasteiger charge is 2.24. The van der Waals surface area contributed by atoms with Crippen molar-refractivity contribution in [3.63, 3.8) is 0 Å². The van der Waals surface area contributed by atoms with Gasteiger partial charge in [-0.15, -0.1) is 0 Å². The molecule has 144 valence electrons. The minimum atomic E-state index is -1.04. The van der Waals surface area contributed by atoms with Crippen LogP contribution in [0.15, 0.2) is 24.3 Å². The van der Waals surface area contributed by atoms with Gasteiger partial charge >= 0.3 is 5.97 Å². The molecular formula is C20H24N2O5. The van der Waals surface area contributed by atoms with Gasteiger partial charge in [0.25, 0.3) is 5.91 Å². The number of aliphatic hydroxyl groups excluding tert-OH is 1. The lowest BCUT2D eigenvalue weighted by Gasteiger charge is -2.14. The number of carbonyl (C=O) groups is 3. The summed E-state index contributed by atoms with van der Waals surface area (Å²) in [7, 11) is 0. The fourth-order valence-electron chi connectivity index (χ4n) is 2.93. The highest BCUT2D eigenvalue weighted by molar-refractivity contribution is 5.99. The molecule has 0 aliphatic heterocycles. The van der Waals surface area contributed by atoms with Gasteiger partial charge in [-0.25, -0.2) is 4.79 Å². The molecule has 3 N–H and O–H groups in total. The van der Waals surface area contributed by atoms with Gasteiger partial charge in [0.15, 0.2) is 11.9 Å². The van der Waals surface area contributed by atoms with Crippen LogP contribution in [0.3, 0.4) is 0 Å². The van der Waals surface area contributed by atoms with Crippen molar-refractivity contribution in [1.29, 1.82) is 0 Å². The highest BCUT2D eigenvalue weighted by Crippen LogP contribution is 2.25. The number of aryl methyl sites for hydroxylation is 1. The molecule has 0 radical (unpaired) electrons. The number of aromatic amines is 1. The van der Waals surface area contributed by atoms with Crippen molar-refractivity contribution in [2.45, 2.75) is 46.8 Å². The zero-order valence-corrected chi connectivity index (χ0v) is 16.0. The molecule has 27 heavy (non-hydrogen) atoms. The van der Waals surface area contributed by atoms with E-state index in [4.69, 9.17) is 4.74 Å². The van der Waals surface area contributed by atoms with Crippen molar-refractivity contribution >= 4 is 23.3 Å². The number of Topliss-reactive ketones (excluding diaryl/α,β-unsaturated/α-hetero) is 1. The van der Waals surface area contributed by atoms with Crippen LogP contribution < -0.4 is 5.32 Å². The summed E-state index contributed by atoms with van der Waals surface area (Å²) in [6, 6.07) is 6.51. The van der Waals surface area contributed by atoms with Crippen molar-refractivity contribution in [2.75, 3.05) is 5.32 Å². The second-order valence-electron chi connectivity index (χ2n) is 6.51. The number of anilines is 1. The number of nitrogens with one attached hydrogen (secondary N) is 2. The molecule has 0 spiro atoms. The van der Waals surface area contributed by atoms with E-state index >= 15 is 0 Å².